The number of methoxy groups -OCH3 is 1. The summed E-state index contributed by atoms with van der Waals surface area (Å²) in [5, 5.41) is 0. The van der Waals surface area contributed by atoms with E-state index < -0.39 is 0 Å². The van der Waals surface area contributed by atoms with Gasteiger partial charge in [0.15, 0.2) is 0 Å². The van der Waals surface area contributed by atoms with E-state index in [0.29, 0.717) is 5.75 Å². The first-order valence-corrected chi connectivity index (χ1v) is 10.5. The predicted molar refractivity (Wildman–Crippen MR) is 110 cm³/mol. The number of hydrogen-bond donors (Lipinski definition) is 1. The van der Waals surface area contributed by atoms with Gasteiger partial charge in [-0.3, -0.25) is 4.79 Å². The van der Waals surface area contributed by atoms with Gasteiger partial charge in [0.1, 0.15) is 17.7 Å². The summed E-state index contributed by atoms with van der Waals surface area (Å²) in [5.74, 6) is 0.392. The second-order valence-corrected chi connectivity index (χ2v) is 8.19. The summed E-state index contributed by atoms with van der Waals surface area (Å²) < 4.78 is 26.2. The highest BCUT2D eigenvalue weighted by atomic mass is 19.1. The van der Waals surface area contributed by atoms with Crippen molar-refractivity contribution < 1.29 is 18.7 Å². The average Bonchev–Trinajstić information content (AvgIpc) is 3.07. The van der Waals surface area contributed by atoms with Crippen LogP contribution in [0.15, 0.2) is 36.4 Å². The fourth-order valence-corrected chi connectivity index (χ4v) is 4.48. The van der Waals surface area contributed by atoms with Crippen molar-refractivity contribution in [2.24, 2.45) is 5.73 Å². The lowest BCUT2D eigenvalue weighted by molar-refractivity contribution is -0.139. The Morgan fingerprint density at radius 1 is 1.14 bits per heavy atom. The van der Waals surface area contributed by atoms with E-state index in [1.165, 1.54) is 13.2 Å². The third-order valence-corrected chi connectivity index (χ3v) is 6.23. The van der Waals surface area contributed by atoms with Crippen LogP contribution in [0.25, 0.3) is 11.1 Å². The van der Waals surface area contributed by atoms with E-state index in [9.17, 15) is 9.18 Å². The maximum atomic E-state index is 14.9. The molecule has 0 aliphatic heterocycles. The highest BCUT2D eigenvalue weighted by molar-refractivity contribution is 5.82. The van der Waals surface area contributed by atoms with E-state index >= 15 is 0 Å². The molecule has 2 aliphatic rings. The Kier molecular flexibility index (Phi) is 5.86. The first-order chi connectivity index (χ1) is 14.1. The van der Waals surface area contributed by atoms with Gasteiger partial charge in [0.05, 0.1) is 13.5 Å². The normalized spacial score (nSPS) is 21.6. The molecule has 0 radical (unpaired) electrons. The van der Waals surface area contributed by atoms with Gasteiger partial charge in [-0.2, -0.15) is 0 Å². The Morgan fingerprint density at radius 3 is 2.59 bits per heavy atom. The molecule has 2 aromatic rings. The molecule has 2 N–H and O–H groups in total. The van der Waals surface area contributed by atoms with Crippen molar-refractivity contribution in [3.05, 3.63) is 53.3 Å². The molecule has 0 unspecified atom stereocenters. The van der Waals surface area contributed by atoms with Crippen molar-refractivity contribution in [1.82, 2.24) is 0 Å². The molecule has 2 atom stereocenters. The number of carbonyl (C=O) groups is 1. The van der Waals surface area contributed by atoms with Crippen LogP contribution in [0.4, 0.5) is 4.39 Å². The summed E-state index contributed by atoms with van der Waals surface area (Å²) in [6.07, 6.45) is 5.90. The second-order valence-electron chi connectivity index (χ2n) is 8.19. The third-order valence-electron chi connectivity index (χ3n) is 6.23. The number of rotatable bonds is 6. The smallest absolute Gasteiger partial charge is 0.310 e. The Morgan fingerprint density at radius 2 is 1.93 bits per heavy atom. The number of nitrogens with two attached hydrogens (primary N) is 1. The molecule has 0 bridgehead atoms. The maximum absolute atomic E-state index is 14.9. The van der Waals surface area contributed by atoms with Gasteiger partial charge in [-0.05, 0) is 66.8 Å². The molecular formula is C24H28FNO3. The zero-order valence-electron chi connectivity index (χ0n) is 16.8. The van der Waals surface area contributed by atoms with E-state index in [-0.39, 0.29) is 36.3 Å². The van der Waals surface area contributed by atoms with E-state index in [4.69, 9.17) is 15.2 Å². The number of esters is 1. The molecule has 2 aromatic carbocycles. The van der Waals surface area contributed by atoms with Crippen LogP contribution in [0.1, 0.15) is 55.6 Å². The molecule has 2 aliphatic carbocycles. The van der Waals surface area contributed by atoms with Gasteiger partial charge in [-0.25, -0.2) is 4.39 Å². The van der Waals surface area contributed by atoms with Crippen LogP contribution in [0.2, 0.25) is 0 Å². The first-order valence-electron chi connectivity index (χ1n) is 10.5. The molecular weight excluding hydrogens is 369 g/mol. The van der Waals surface area contributed by atoms with Crippen LogP contribution in [-0.4, -0.2) is 25.2 Å². The molecule has 4 nitrogen and oxygen atoms in total. The molecule has 29 heavy (non-hydrogen) atoms. The molecule has 0 heterocycles. The minimum Gasteiger partial charge on any atom is -0.490 e. The lowest BCUT2D eigenvalue weighted by Crippen LogP contribution is -2.19. The largest absolute Gasteiger partial charge is 0.490 e. The van der Waals surface area contributed by atoms with Gasteiger partial charge < -0.3 is 15.2 Å². The van der Waals surface area contributed by atoms with Crippen LogP contribution in [-0.2, 0) is 16.0 Å². The summed E-state index contributed by atoms with van der Waals surface area (Å²) in [4.78, 5) is 12.1. The van der Waals surface area contributed by atoms with E-state index in [2.05, 4.69) is 0 Å². The molecule has 0 amide bonds. The van der Waals surface area contributed by atoms with Crippen molar-refractivity contribution in [3.8, 4) is 16.9 Å². The van der Waals surface area contributed by atoms with Crippen molar-refractivity contribution in [2.45, 2.75) is 63.0 Å². The molecule has 0 saturated heterocycles. The zero-order chi connectivity index (χ0) is 20.4. The number of hydrogen-bond acceptors (Lipinski definition) is 4. The van der Waals surface area contributed by atoms with Gasteiger partial charge in [0, 0.05) is 11.6 Å². The monoisotopic (exact) mass is 397 g/mol. The van der Waals surface area contributed by atoms with Gasteiger partial charge in [0.25, 0.3) is 0 Å². The lowest BCUT2D eigenvalue weighted by atomic mass is 9.76. The Balaban J connectivity index is 1.81. The molecule has 0 spiro atoms. The molecule has 2 fully saturated rings. The summed E-state index contributed by atoms with van der Waals surface area (Å²) in [6.45, 7) is 0. The molecule has 4 rings (SSSR count). The van der Waals surface area contributed by atoms with Crippen LogP contribution < -0.4 is 10.5 Å². The minimum absolute atomic E-state index is 0.0397. The fraction of sp³-hybridized carbons (Fsp3) is 0.458. The summed E-state index contributed by atoms with van der Waals surface area (Å²) in [7, 11) is 1.38. The highest BCUT2D eigenvalue weighted by Gasteiger charge is 2.29. The van der Waals surface area contributed by atoms with Crippen LogP contribution in [0.3, 0.4) is 0 Å². The average molecular weight is 397 g/mol. The van der Waals surface area contributed by atoms with E-state index in [1.807, 2.05) is 24.3 Å². The quantitative estimate of drug-likeness (QED) is 0.716. The Bertz CT molecular complexity index is 894. The van der Waals surface area contributed by atoms with Crippen LogP contribution >= 0.6 is 0 Å². The molecule has 2 saturated carbocycles. The molecule has 0 aromatic heterocycles. The zero-order valence-corrected chi connectivity index (χ0v) is 16.8. The van der Waals surface area contributed by atoms with Gasteiger partial charge in [-0.1, -0.05) is 30.7 Å². The van der Waals surface area contributed by atoms with Crippen LogP contribution in [0.5, 0.6) is 5.75 Å². The van der Waals surface area contributed by atoms with Crippen molar-refractivity contribution in [1.29, 1.82) is 0 Å². The predicted octanol–water partition coefficient (Wildman–Crippen LogP) is 4.73. The van der Waals surface area contributed by atoms with E-state index in [1.54, 1.807) is 6.07 Å². The van der Waals surface area contributed by atoms with Gasteiger partial charge in [-0.15, -0.1) is 0 Å². The topological polar surface area (TPSA) is 61.5 Å². The molecule has 154 valence electrons. The maximum Gasteiger partial charge on any atom is 0.310 e. The Hall–Kier alpha value is -2.40. The summed E-state index contributed by atoms with van der Waals surface area (Å²) in [6, 6.07) is 11.0. The highest BCUT2D eigenvalue weighted by Crippen LogP contribution is 2.46. The van der Waals surface area contributed by atoms with Crippen molar-refractivity contribution in [3.63, 3.8) is 0 Å². The lowest BCUT2D eigenvalue weighted by Gasteiger charge is -2.29. The van der Waals surface area contributed by atoms with Crippen LogP contribution in [0, 0.1) is 5.82 Å². The summed E-state index contributed by atoms with van der Waals surface area (Å²) in [5.41, 5.74) is 9.23. The van der Waals surface area contributed by atoms with Crippen molar-refractivity contribution in [2.75, 3.05) is 7.11 Å². The Labute approximate surface area is 171 Å². The SMILES string of the molecule is COC(=O)Cc1cccc(O[C@@H]2CC[C@@H](N)C2)c1-c1cccc(F)c1C1CCC1. The van der Waals surface area contributed by atoms with Gasteiger partial charge >= 0.3 is 5.97 Å². The van der Waals surface area contributed by atoms with Gasteiger partial charge in [0.2, 0.25) is 0 Å². The number of carbonyl (C=O) groups excluding carboxylic acids is 1. The number of ether oxygens (including phenoxy) is 2. The third kappa shape index (κ3) is 4.15. The second kappa shape index (κ2) is 8.54. The number of benzene rings is 2. The number of halogens is 1. The standard InChI is InChI=1S/C24H28FNO3/c1-28-22(27)13-16-7-3-10-21(29-18-12-11-17(26)14-18)24(16)19-8-4-9-20(25)23(19)15-5-2-6-15/h3-4,7-10,15,17-18H,2,5-6,11-14,26H2,1H3/t17-,18-/m1/s1. The first kappa shape index (κ1) is 19.9. The molecule has 5 heteroatoms. The minimum atomic E-state index is -0.326. The summed E-state index contributed by atoms with van der Waals surface area (Å²) >= 11 is 0. The van der Waals surface area contributed by atoms with Crippen molar-refractivity contribution >= 4 is 5.97 Å². The van der Waals surface area contributed by atoms with E-state index in [0.717, 1.165) is 60.8 Å². The fourth-order valence-electron chi connectivity index (χ4n) is 4.48.